The number of hydrogen-bond donors (Lipinski definition) is 1. The molecule has 2 amide bonds. The number of likely N-dealkylation sites (tertiary alicyclic amines) is 1. The lowest BCUT2D eigenvalue weighted by atomic mass is 10.1. The zero-order chi connectivity index (χ0) is 20.4. The van der Waals surface area contributed by atoms with Crippen molar-refractivity contribution < 1.29 is 14.3 Å². The molecule has 1 aromatic heterocycles. The Labute approximate surface area is 173 Å². The third-order valence-electron chi connectivity index (χ3n) is 6.84. The average Bonchev–Trinajstić information content (AvgIpc) is 3.39. The topological polar surface area (TPSA) is 66.8 Å². The summed E-state index contributed by atoms with van der Waals surface area (Å²) in [6, 6.07) is 2.50. The fourth-order valence-electron chi connectivity index (χ4n) is 4.65. The van der Waals surface area contributed by atoms with Gasteiger partial charge in [-0.1, -0.05) is 0 Å². The van der Waals surface area contributed by atoms with Gasteiger partial charge in [0.1, 0.15) is 0 Å². The molecule has 1 aliphatic carbocycles. The highest BCUT2D eigenvalue weighted by Gasteiger charge is 2.38. The minimum Gasteiger partial charge on any atom is -0.378 e. The van der Waals surface area contributed by atoms with Crippen molar-refractivity contribution in [2.75, 3.05) is 39.4 Å². The normalized spacial score (nSPS) is 25.4. The number of amides is 2. The Hall–Kier alpha value is -1.86. The molecule has 0 aromatic carbocycles. The molecule has 3 heterocycles. The molecule has 1 saturated carbocycles. The van der Waals surface area contributed by atoms with Gasteiger partial charge in [0.25, 0.3) is 5.91 Å². The number of nitrogens with zero attached hydrogens (tertiary/aromatic N) is 3. The number of aryl methyl sites for hydroxylation is 1. The van der Waals surface area contributed by atoms with E-state index in [0.29, 0.717) is 51.4 Å². The van der Waals surface area contributed by atoms with Crippen molar-refractivity contribution in [1.82, 2.24) is 19.7 Å². The van der Waals surface area contributed by atoms with E-state index in [-0.39, 0.29) is 11.8 Å². The van der Waals surface area contributed by atoms with Crippen LogP contribution in [-0.4, -0.2) is 77.7 Å². The second-order valence-corrected chi connectivity index (χ2v) is 8.86. The summed E-state index contributed by atoms with van der Waals surface area (Å²) in [4.78, 5) is 29.9. The summed E-state index contributed by atoms with van der Waals surface area (Å²) in [7, 11) is 1.95. The standard InChI is InChI=1S/C22H34N4O3/c1-16-20(7-8-24(16)2)22(28)23-14-19-6-5-18(26(19)15-17-3-4-17)13-21(27)25-9-11-29-12-10-25/h7-8,17-19H,3-6,9-15H2,1-2H3,(H,23,28)/t18-,19+/m1/s1. The second-order valence-electron chi connectivity index (χ2n) is 8.86. The molecule has 0 bridgehead atoms. The molecule has 2 atom stereocenters. The number of morpholine rings is 1. The number of carbonyl (C=O) groups is 2. The smallest absolute Gasteiger partial charge is 0.253 e. The van der Waals surface area contributed by atoms with E-state index in [1.54, 1.807) is 0 Å². The van der Waals surface area contributed by atoms with E-state index in [9.17, 15) is 9.59 Å². The number of nitrogens with one attached hydrogen (secondary N) is 1. The summed E-state index contributed by atoms with van der Waals surface area (Å²) < 4.78 is 7.34. The molecule has 7 heteroatoms. The van der Waals surface area contributed by atoms with Crippen LogP contribution in [0.1, 0.15) is 48.2 Å². The number of aromatic nitrogens is 1. The molecule has 1 aromatic rings. The monoisotopic (exact) mass is 402 g/mol. The number of carbonyl (C=O) groups excluding carboxylic acids is 2. The predicted octanol–water partition coefficient (Wildman–Crippen LogP) is 1.56. The molecule has 29 heavy (non-hydrogen) atoms. The molecular weight excluding hydrogens is 368 g/mol. The zero-order valence-corrected chi connectivity index (χ0v) is 17.7. The van der Waals surface area contributed by atoms with Crippen LogP contribution >= 0.6 is 0 Å². The summed E-state index contributed by atoms with van der Waals surface area (Å²) in [5, 5.41) is 3.15. The van der Waals surface area contributed by atoms with Gasteiger partial charge in [0, 0.05) is 63.6 Å². The quantitative estimate of drug-likeness (QED) is 0.752. The first-order valence-corrected chi connectivity index (χ1v) is 11.0. The molecule has 3 aliphatic rings. The van der Waals surface area contributed by atoms with Crippen LogP contribution in [0.3, 0.4) is 0 Å². The zero-order valence-electron chi connectivity index (χ0n) is 17.7. The van der Waals surface area contributed by atoms with E-state index in [0.717, 1.165) is 36.6 Å². The first-order valence-electron chi connectivity index (χ1n) is 11.0. The highest BCUT2D eigenvalue weighted by atomic mass is 16.5. The van der Waals surface area contributed by atoms with Crippen LogP contribution in [0.15, 0.2) is 12.3 Å². The molecule has 2 aliphatic heterocycles. The maximum Gasteiger partial charge on any atom is 0.253 e. The Morgan fingerprint density at radius 2 is 1.86 bits per heavy atom. The number of ether oxygens (including phenoxy) is 1. The van der Waals surface area contributed by atoms with Gasteiger partial charge < -0.3 is 19.5 Å². The van der Waals surface area contributed by atoms with Gasteiger partial charge in [0.15, 0.2) is 0 Å². The van der Waals surface area contributed by atoms with E-state index in [1.165, 1.54) is 12.8 Å². The predicted molar refractivity (Wildman–Crippen MR) is 111 cm³/mol. The van der Waals surface area contributed by atoms with E-state index in [2.05, 4.69) is 10.2 Å². The van der Waals surface area contributed by atoms with Crippen molar-refractivity contribution in [2.24, 2.45) is 13.0 Å². The molecule has 2 saturated heterocycles. The summed E-state index contributed by atoms with van der Waals surface area (Å²) in [5.41, 5.74) is 1.73. The van der Waals surface area contributed by atoms with Gasteiger partial charge in [0.05, 0.1) is 18.8 Å². The fourth-order valence-corrected chi connectivity index (χ4v) is 4.65. The van der Waals surface area contributed by atoms with E-state index in [1.807, 2.05) is 35.7 Å². The SMILES string of the molecule is Cc1c(C(=O)NC[C@@H]2CC[C@H](CC(=O)N3CCOCC3)N2CC2CC2)ccn1C. The third-order valence-corrected chi connectivity index (χ3v) is 6.84. The van der Waals surface area contributed by atoms with Gasteiger partial charge in [0.2, 0.25) is 5.91 Å². The van der Waals surface area contributed by atoms with Crippen LogP contribution in [0.5, 0.6) is 0 Å². The van der Waals surface area contributed by atoms with Crippen LogP contribution in [0, 0.1) is 12.8 Å². The minimum atomic E-state index is 0.00214. The Kier molecular flexibility index (Phi) is 6.25. The van der Waals surface area contributed by atoms with Gasteiger partial charge in [-0.25, -0.2) is 0 Å². The van der Waals surface area contributed by atoms with Crippen molar-refractivity contribution >= 4 is 11.8 Å². The van der Waals surface area contributed by atoms with Crippen LogP contribution in [0.25, 0.3) is 0 Å². The lowest BCUT2D eigenvalue weighted by molar-refractivity contribution is -0.136. The summed E-state index contributed by atoms with van der Waals surface area (Å²) in [6.45, 7) is 6.41. The maximum absolute atomic E-state index is 12.8. The van der Waals surface area contributed by atoms with Crippen molar-refractivity contribution in [3.8, 4) is 0 Å². The Bertz CT molecular complexity index is 736. The molecule has 0 radical (unpaired) electrons. The van der Waals surface area contributed by atoms with Crippen LogP contribution in [0.4, 0.5) is 0 Å². The molecule has 1 N–H and O–H groups in total. The van der Waals surface area contributed by atoms with Crippen LogP contribution in [0.2, 0.25) is 0 Å². The molecule has 4 rings (SSSR count). The number of rotatable bonds is 7. The molecule has 160 valence electrons. The first-order chi connectivity index (χ1) is 14.0. The molecule has 7 nitrogen and oxygen atoms in total. The van der Waals surface area contributed by atoms with Gasteiger partial charge in [-0.05, 0) is 44.6 Å². The van der Waals surface area contributed by atoms with Crippen LogP contribution in [-0.2, 0) is 16.6 Å². The fraction of sp³-hybridized carbons (Fsp3) is 0.727. The van der Waals surface area contributed by atoms with Crippen LogP contribution < -0.4 is 5.32 Å². The first kappa shape index (κ1) is 20.4. The van der Waals surface area contributed by atoms with Gasteiger partial charge in [-0.15, -0.1) is 0 Å². The van der Waals surface area contributed by atoms with E-state index in [4.69, 9.17) is 4.74 Å². The van der Waals surface area contributed by atoms with E-state index < -0.39 is 0 Å². The lowest BCUT2D eigenvalue weighted by Gasteiger charge is -2.33. The average molecular weight is 403 g/mol. The van der Waals surface area contributed by atoms with Gasteiger partial charge in [-0.2, -0.15) is 0 Å². The summed E-state index contributed by atoms with van der Waals surface area (Å²) in [5.74, 6) is 1.02. The van der Waals surface area contributed by atoms with Crippen molar-refractivity contribution in [1.29, 1.82) is 0 Å². The van der Waals surface area contributed by atoms with Gasteiger partial charge >= 0.3 is 0 Å². The minimum absolute atomic E-state index is 0.00214. The maximum atomic E-state index is 12.8. The lowest BCUT2D eigenvalue weighted by Crippen LogP contribution is -2.47. The van der Waals surface area contributed by atoms with Crippen molar-refractivity contribution in [3.63, 3.8) is 0 Å². The molecule has 3 fully saturated rings. The Morgan fingerprint density at radius 1 is 1.14 bits per heavy atom. The molecule has 0 spiro atoms. The number of hydrogen-bond acceptors (Lipinski definition) is 4. The van der Waals surface area contributed by atoms with E-state index >= 15 is 0 Å². The Balaban J connectivity index is 1.34. The molecular formula is C22H34N4O3. The highest BCUT2D eigenvalue weighted by molar-refractivity contribution is 5.95. The summed E-state index contributed by atoms with van der Waals surface area (Å²) in [6.07, 6.45) is 7.18. The van der Waals surface area contributed by atoms with Crippen molar-refractivity contribution in [3.05, 3.63) is 23.5 Å². The van der Waals surface area contributed by atoms with Gasteiger partial charge in [-0.3, -0.25) is 14.5 Å². The summed E-state index contributed by atoms with van der Waals surface area (Å²) >= 11 is 0. The van der Waals surface area contributed by atoms with Crippen molar-refractivity contribution in [2.45, 2.75) is 51.1 Å². The third kappa shape index (κ3) is 4.83. The highest BCUT2D eigenvalue weighted by Crippen LogP contribution is 2.35. The molecule has 0 unspecified atom stereocenters. The Morgan fingerprint density at radius 3 is 2.52 bits per heavy atom. The second kappa shape index (κ2) is 8.88. The largest absolute Gasteiger partial charge is 0.378 e.